The second kappa shape index (κ2) is 14.3. The summed E-state index contributed by atoms with van der Waals surface area (Å²) in [6.07, 6.45) is 3.15. The molecule has 8 heteroatoms. The van der Waals surface area contributed by atoms with Gasteiger partial charge in [-0.05, 0) is 122 Å². The molecule has 2 aliphatic heterocycles. The van der Waals surface area contributed by atoms with E-state index in [9.17, 15) is 19.2 Å². The predicted molar refractivity (Wildman–Crippen MR) is 214 cm³/mol. The Hall–Kier alpha value is -6.02. The third kappa shape index (κ3) is 6.71. The smallest absolute Gasteiger partial charge is 0.266 e. The summed E-state index contributed by atoms with van der Waals surface area (Å²) in [6.45, 7) is 14.5. The Morgan fingerprint density at radius 2 is 0.945 bits per heavy atom. The zero-order valence-electron chi connectivity index (χ0n) is 32.4. The number of fused-ring (bicyclic) bond motifs is 2. The van der Waals surface area contributed by atoms with Crippen LogP contribution in [0.1, 0.15) is 126 Å². The van der Waals surface area contributed by atoms with Crippen molar-refractivity contribution in [3.63, 3.8) is 0 Å². The number of rotatable bonds is 12. The van der Waals surface area contributed by atoms with Crippen LogP contribution >= 0.6 is 0 Å². The van der Waals surface area contributed by atoms with E-state index in [1.165, 1.54) is 15.4 Å². The average molecular weight is 735 g/mol. The summed E-state index contributed by atoms with van der Waals surface area (Å²) in [4.78, 5) is 55.0. The molecule has 0 N–H and O–H groups in total. The van der Waals surface area contributed by atoms with Crippen LogP contribution in [0.25, 0.3) is 0 Å². The van der Waals surface area contributed by atoms with Gasteiger partial charge in [0.1, 0.15) is 23.0 Å². The highest BCUT2D eigenvalue weighted by molar-refractivity contribution is 6.34. The molecule has 5 aromatic carbocycles. The van der Waals surface area contributed by atoms with Gasteiger partial charge in [0.15, 0.2) is 0 Å². The maximum absolute atomic E-state index is 13.6. The van der Waals surface area contributed by atoms with Gasteiger partial charge in [0.2, 0.25) is 0 Å². The van der Waals surface area contributed by atoms with Gasteiger partial charge in [0.25, 0.3) is 23.6 Å². The molecule has 8 nitrogen and oxygen atoms in total. The van der Waals surface area contributed by atoms with Crippen molar-refractivity contribution < 1.29 is 28.7 Å². The van der Waals surface area contributed by atoms with Crippen molar-refractivity contribution in [3.8, 4) is 23.0 Å². The van der Waals surface area contributed by atoms with Crippen LogP contribution in [0.15, 0.2) is 109 Å². The molecule has 4 amide bonds. The quantitative estimate of drug-likeness (QED) is 0.118. The molecular weight excluding hydrogens is 689 g/mol. The molecule has 55 heavy (non-hydrogen) atoms. The van der Waals surface area contributed by atoms with E-state index in [4.69, 9.17) is 9.47 Å². The van der Waals surface area contributed by atoms with E-state index < -0.39 is 0 Å². The van der Waals surface area contributed by atoms with Crippen molar-refractivity contribution in [2.45, 2.75) is 84.6 Å². The van der Waals surface area contributed by atoms with Gasteiger partial charge in [-0.1, -0.05) is 77.4 Å². The lowest BCUT2D eigenvalue weighted by Gasteiger charge is -2.29. The number of hydrogen-bond acceptors (Lipinski definition) is 6. The normalized spacial score (nSPS) is 15.1. The second-order valence-electron chi connectivity index (χ2n) is 15.5. The van der Waals surface area contributed by atoms with Crippen LogP contribution in [0.4, 0.5) is 5.69 Å². The number of nitrogens with zero attached hydrogens (tertiary/aromatic N) is 2. The third-order valence-electron chi connectivity index (χ3n) is 11.3. The Balaban J connectivity index is 1.01. The zero-order chi connectivity index (χ0) is 39.2. The highest BCUT2D eigenvalue weighted by Gasteiger charge is 2.38. The average Bonchev–Trinajstić information content (AvgIpc) is 3.58. The minimum atomic E-state index is -0.365. The first kappa shape index (κ1) is 37.3. The van der Waals surface area contributed by atoms with Crippen molar-refractivity contribution in [1.29, 1.82) is 0 Å². The van der Waals surface area contributed by atoms with E-state index in [2.05, 4.69) is 34.6 Å². The standard InChI is InChI=1S/C47H46N2O6/c1-8-26-47(7,9-2)32-10-16-33(17-11-32)49-43(51)39-25-23-37(28-41(39)45(49)53)55-35-20-14-31(15-21-35)46(5,6)30-12-18-34(19-13-30)54-36-22-24-38-40(27-36)44(52)48(29(3)4)42(38)50/h10-25,27-29H,8-9,26H2,1-7H3. The maximum Gasteiger partial charge on any atom is 0.266 e. The van der Waals surface area contributed by atoms with Gasteiger partial charge in [0.05, 0.1) is 27.9 Å². The van der Waals surface area contributed by atoms with Gasteiger partial charge in [-0.3, -0.25) is 24.1 Å². The summed E-state index contributed by atoms with van der Waals surface area (Å²) in [5, 5.41) is 0. The lowest BCUT2D eigenvalue weighted by molar-refractivity contribution is 0.0608. The van der Waals surface area contributed by atoms with E-state index in [-0.39, 0.29) is 40.5 Å². The molecule has 0 spiro atoms. The minimum absolute atomic E-state index is 0.0489. The van der Waals surface area contributed by atoms with Gasteiger partial charge in [-0.2, -0.15) is 0 Å². The predicted octanol–water partition coefficient (Wildman–Crippen LogP) is 10.9. The molecule has 2 aliphatic rings. The summed E-state index contributed by atoms with van der Waals surface area (Å²) in [5.74, 6) is 0.868. The monoisotopic (exact) mass is 734 g/mol. The molecule has 1 unspecified atom stereocenters. The van der Waals surface area contributed by atoms with Crippen LogP contribution in [0.2, 0.25) is 0 Å². The molecule has 0 bridgehead atoms. The number of carbonyl (C=O) groups excluding carboxylic acids is 4. The van der Waals surface area contributed by atoms with E-state index in [0.717, 1.165) is 30.4 Å². The van der Waals surface area contributed by atoms with Crippen molar-refractivity contribution in [3.05, 3.63) is 148 Å². The first-order chi connectivity index (χ1) is 26.2. The van der Waals surface area contributed by atoms with Crippen molar-refractivity contribution in [2.75, 3.05) is 4.90 Å². The number of hydrogen-bond donors (Lipinski definition) is 0. The lowest BCUT2D eigenvalue weighted by Crippen LogP contribution is -2.35. The Labute approximate surface area is 322 Å². The number of amides is 4. The van der Waals surface area contributed by atoms with Crippen molar-refractivity contribution in [2.24, 2.45) is 0 Å². The molecule has 0 saturated heterocycles. The number of ether oxygens (including phenoxy) is 2. The van der Waals surface area contributed by atoms with Crippen LogP contribution in [0.5, 0.6) is 23.0 Å². The fraction of sp³-hybridized carbons (Fsp3) is 0.277. The molecule has 0 saturated carbocycles. The van der Waals surface area contributed by atoms with Gasteiger partial charge in [-0.15, -0.1) is 0 Å². The van der Waals surface area contributed by atoms with E-state index >= 15 is 0 Å². The lowest BCUT2D eigenvalue weighted by atomic mass is 9.76. The third-order valence-corrected chi connectivity index (χ3v) is 11.3. The molecule has 7 rings (SSSR count). The largest absolute Gasteiger partial charge is 0.457 e. The molecule has 0 aliphatic carbocycles. The summed E-state index contributed by atoms with van der Waals surface area (Å²) < 4.78 is 12.3. The van der Waals surface area contributed by atoms with E-state index in [1.54, 1.807) is 36.4 Å². The molecule has 0 aromatic heterocycles. The molecule has 0 fully saturated rings. The molecule has 5 aromatic rings. The number of benzene rings is 5. The zero-order valence-corrected chi connectivity index (χ0v) is 32.4. The van der Waals surface area contributed by atoms with Crippen LogP contribution in [0.3, 0.4) is 0 Å². The summed E-state index contributed by atoms with van der Waals surface area (Å²) in [5.41, 5.74) is 5.01. The Morgan fingerprint density at radius 1 is 0.527 bits per heavy atom. The first-order valence-electron chi connectivity index (χ1n) is 19.0. The molecule has 1 atom stereocenters. The topological polar surface area (TPSA) is 93.2 Å². The SMILES string of the molecule is CCCC(C)(CC)c1ccc(N2C(=O)c3ccc(Oc4ccc(C(C)(C)c5ccc(Oc6ccc7c(c6)C(=O)N(C(C)C)C7=O)cc5)cc4)cc3C2=O)cc1. The van der Waals surface area contributed by atoms with Crippen LogP contribution in [-0.2, 0) is 10.8 Å². The first-order valence-corrected chi connectivity index (χ1v) is 19.0. The van der Waals surface area contributed by atoms with Crippen molar-refractivity contribution >= 4 is 29.3 Å². The summed E-state index contributed by atoms with van der Waals surface area (Å²) in [7, 11) is 0. The van der Waals surface area contributed by atoms with Gasteiger partial charge >= 0.3 is 0 Å². The number of imide groups is 2. The van der Waals surface area contributed by atoms with Crippen LogP contribution in [0, 0.1) is 0 Å². The van der Waals surface area contributed by atoms with Gasteiger partial charge in [0, 0.05) is 11.5 Å². The van der Waals surface area contributed by atoms with Gasteiger partial charge < -0.3 is 9.47 Å². The van der Waals surface area contributed by atoms with Crippen LogP contribution in [-0.4, -0.2) is 34.6 Å². The molecule has 280 valence electrons. The summed E-state index contributed by atoms with van der Waals surface area (Å²) >= 11 is 0. The van der Waals surface area contributed by atoms with Crippen LogP contribution < -0.4 is 14.4 Å². The minimum Gasteiger partial charge on any atom is -0.457 e. The maximum atomic E-state index is 13.6. The fourth-order valence-electron chi connectivity index (χ4n) is 7.70. The molecule has 0 radical (unpaired) electrons. The Bertz CT molecular complexity index is 2310. The highest BCUT2D eigenvalue weighted by atomic mass is 16.5. The Kier molecular flexibility index (Phi) is 9.72. The fourth-order valence-corrected chi connectivity index (χ4v) is 7.70. The second-order valence-corrected chi connectivity index (χ2v) is 15.5. The number of carbonyl (C=O) groups is 4. The Morgan fingerprint density at radius 3 is 1.42 bits per heavy atom. The van der Waals surface area contributed by atoms with E-state index in [0.29, 0.717) is 50.9 Å². The molecular formula is C47H46N2O6. The highest BCUT2D eigenvalue weighted by Crippen LogP contribution is 2.38. The summed E-state index contributed by atoms with van der Waals surface area (Å²) in [6, 6.07) is 33.2. The van der Waals surface area contributed by atoms with Crippen molar-refractivity contribution in [1.82, 2.24) is 4.90 Å². The van der Waals surface area contributed by atoms with Gasteiger partial charge in [-0.25, -0.2) is 4.90 Å². The number of anilines is 1. The van der Waals surface area contributed by atoms with E-state index in [1.807, 2.05) is 86.6 Å². The molecule has 2 heterocycles.